The number of primary amides is 1. The van der Waals surface area contributed by atoms with Crippen molar-refractivity contribution in [3.8, 4) is 11.5 Å². The van der Waals surface area contributed by atoms with Gasteiger partial charge in [0.1, 0.15) is 18.1 Å². The maximum Gasteiger partial charge on any atom is 0.252 e. The fourth-order valence-electron chi connectivity index (χ4n) is 3.12. The van der Waals surface area contributed by atoms with Crippen LogP contribution >= 0.6 is 0 Å². The third-order valence-corrected chi connectivity index (χ3v) is 6.06. The van der Waals surface area contributed by atoms with Gasteiger partial charge in [0.15, 0.2) is 0 Å². The first-order valence-electron chi connectivity index (χ1n) is 8.76. The Bertz CT molecular complexity index is 963. The lowest BCUT2D eigenvalue weighted by atomic mass is 10.1. The Morgan fingerprint density at radius 1 is 1.14 bits per heavy atom. The van der Waals surface area contributed by atoms with Crippen LogP contribution in [0.3, 0.4) is 0 Å². The zero-order valence-corrected chi connectivity index (χ0v) is 17.5. The van der Waals surface area contributed by atoms with Gasteiger partial charge in [-0.1, -0.05) is 17.7 Å². The SMILES string of the molecule is COc1ccc(OC[C@H](C)NS(=O)(=O)c2c(C)cc(C)cc2C)c(C(N)=O)c1. The minimum absolute atomic E-state index is 0.0236. The summed E-state index contributed by atoms with van der Waals surface area (Å²) in [6, 6.07) is 7.81. The van der Waals surface area contributed by atoms with Crippen LogP contribution in [-0.4, -0.2) is 34.1 Å². The molecule has 0 aromatic heterocycles. The van der Waals surface area contributed by atoms with E-state index in [9.17, 15) is 13.2 Å². The lowest BCUT2D eigenvalue weighted by Gasteiger charge is -2.19. The van der Waals surface area contributed by atoms with E-state index in [-0.39, 0.29) is 22.8 Å². The molecule has 1 atom stereocenters. The average Bonchev–Trinajstić information content (AvgIpc) is 2.58. The molecule has 0 saturated heterocycles. The molecule has 2 aromatic rings. The van der Waals surface area contributed by atoms with Gasteiger partial charge in [0.25, 0.3) is 5.91 Å². The second kappa shape index (κ2) is 8.62. The standard InChI is InChI=1S/C20H26N2O5S/c1-12-8-13(2)19(14(3)9-12)28(24,25)22-15(4)11-27-18-7-6-16(26-5)10-17(18)20(21)23/h6-10,15,22H,11H2,1-5H3,(H2,21,23)/t15-/m0/s1. The predicted octanol–water partition coefficient (Wildman–Crippen LogP) is 2.47. The fourth-order valence-corrected chi connectivity index (χ4v) is 4.80. The summed E-state index contributed by atoms with van der Waals surface area (Å²) in [5.41, 5.74) is 7.92. The molecule has 2 rings (SSSR count). The van der Waals surface area contributed by atoms with E-state index in [0.717, 1.165) is 5.56 Å². The summed E-state index contributed by atoms with van der Waals surface area (Å²) in [5.74, 6) is 0.0790. The average molecular weight is 407 g/mol. The van der Waals surface area contributed by atoms with Crippen molar-refractivity contribution in [2.75, 3.05) is 13.7 Å². The van der Waals surface area contributed by atoms with E-state index < -0.39 is 22.0 Å². The van der Waals surface area contributed by atoms with Gasteiger partial charge in [0, 0.05) is 0 Å². The molecule has 152 valence electrons. The molecule has 0 saturated carbocycles. The van der Waals surface area contributed by atoms with Crippen LogP contribution in [0.15, 0.2) is 35.2 Å². The second-order valence-corrected chi connectivity index (χ2v) is 8.44. The summed E-state index contributed by atoms with van der Waals surface area (Å²) in [5, 5.41) is 0. The number of sulfonamides is 1. The number of rotatable bonds is 8. The molecular formula is C20H26N2O5S. The van der Waals surface area contributed by atoms with Gasteiger partial charge in [-0.05, 0) is 57.0 Å². The van der Waals surface area contributed by atoms with Gasteiger partial charge in [0.05, 0.1) is 23.6 Å². The largest absolute Gasteiger partial charge is 0.497 e. The van der Waals surface area contributed by atoms with Crippen LogP contribution < -0.4 is 19.9 Å². The van der Waals surface area contributed by atoms with Crippen LogP contribution in [0.1, 0.15) is 34.0 Å². The minimum Gasteiger partial charge on any atom is -0.497 e. The number of nitrogens with two attached hydrogens (primary N) is 1. The summed E-state index contributed by atoms with van der Waals surface area (Å²) in [6.45, 7) is 7.17. The Morgan fingerprint density at radius 3 is 2.29 bits per heavy atom. The number of hydrogen-bond acceptors (Lipinski definition) is 5. The highest BCUT2D eigenvalue weighted by atomic mass is 32.2. The third-order valence-electron chi connectivity index (χ3n) is 4.17. The first kappa shape index (κ1) is 21.7. The third kappa shape index (κ3) is 5.02. The van der Waals surface area contributed by atoms with Crippen LogP contribution in [0.4, 0.5) is 0 Å². The van der Waals surface area contributed by atoms with E-state index in [1.807, 2.05) is 19.1 Å². The maximum absolute atomic E-state index is 12.8. The number of benzene rings is 2. The van der Waals surface area contributed by atoms with Crippen molar-refractivity contribution in [3.05, 3.63) is 52.6 Å². The van der Waals surface area contributed by atoms with Gasteiger partial charge in [-0.15, -0.1) is 0 Å². The first-order valence-corrected chi connectivity index (χ1v) is 10.2. The molecule has 1 amide bonds. The lowest BCUT2D eigenvalue weighted by molar-refractivity contribution is 0.0995. The van der Waals surface area contributed by atoms with Crippen LogP contribution in [-0.2, 0) is 10.0 Å². The Kier molecular flexibility index (Phi) is 6.69. The molecule has 0 fully saturated rings. The number of nitrogens with one attached hydrogen (secondary N) is 1. The van der Waals surface area contributed by atoms with E-state index >= 15 is 0 Å². The first-order chi connectivity index (χ1) is 13.0. The Labute approximate surface area is 165 Å². The zero-order valence-electron chi connectivity index (χ0n) is 16.7. The Balaban J connectivity index is 2.15. The number of hydrogen-bond donors (Lipinski definition) is 2. The van der Waals surface area contributed by atoms with Gasteiger partial charge < -0.3 is 15.2 Å². The van der Waals surface area contributed by atoms with Gasteiger partial charge >= 0.3 is 0 Å². The predicted molar refractivity (Wildman–Crippen MR) is 107 cm³/mol. The normalized spacial score (nSPS) is 12.5. The maximum atomic E-state index is 12.8. The van der Waals surface area contributed by atoms with Gasteiger partial charge in [-0.25, -0.2) is 13.1 Å². The Hall–Kier alpha value is -2.58. The summed E-state index contributed by atoms with van der Waals surface area (Å²) in [7, 11) is -2.24. The summed E-state index contributed by atoms with van der Waals surface area (Å²) in [4.78, 5) is 11.9. The molecule has 0 aliphatic heterocycles. The fraction of sp³-hybridized carbons (Fsp3) is 0.350. The van der Waals surface area contributed by atoms with Crippen LogP contribution in [0.5, 0.6) is 11.5 Å². The molecule has 0 bridgehead atoms. The molecule has 0 radical (unpaired) electrons. The molecule has 0 spiro atoms. The molecule has 0 aliphatic carbocycles. The number of methoxy groups -OCH3 is 1. The van der Waals surface area contributed by atoms with E-state index in [1.54, 1.807) is 32.9 Å². The smallest absolute Gasteiger partial charge is 0.252 e. The highest BCUT2D eigenvalue weighted by Gasteiger charge is 2.22. The van der Waals surface area contributed by atoms with Crippen molar-refractivity contribution in [2.45, 2.75) is 38.6 Å². The molecule has 8 heteroatoms. The van der Waals surface area contributed by atoms with Gasteiger partial charge in [-0.2, -0.15) is 0 Å². The molecule has 0 aliphatic rings. The molecule has 3 N–H and O–H groups in total. The number of aryl methyl sites for hydroxylation is 3. The number of amides is 1. The van der Waals surface area contributed by atoms with E-state index in [4.69, 9.17) is 15.2 Å². The summed E-state index contributed by atoms with van der Waals surface area (Å²) >= 11 is 0. The highest BCUT2D eigenvalue weighted by molar-refractivity contribution is 7.89. The zero-order chi connectivity index (χ0) is 21.1. The highest BCUT2D eigenvalue weighted by Crippen LogP contribution is 2.25. The molecule has 7 nitrogen and oxygen atoms in total. The number of ether oxygens (including phenoxy) is 2. The topological polar surface area (TPSA) is 108 Å². The van der Waals surface area contributed by atoms with Crippen molar-refractivity contribution >= 4 is 15.9 Å². The molecule has 28 heavy (non-hydrogen) atoms. The molecule has 2 aromatic carbocycles. The summed E-state index contributed by atoms with van der Waals surface area (Å²) < 4.78 is 39.0. The minimum atomic E-state index is -3.72. The second-order valence-electron chi connectivity index (χ2n) is 6.79. The number of carbonyl (C=O) groups excluding carboxylic acids is 1. The van der Waals surface area contributed by atoms with Crippen molar-refractivity contribution in [1.82, 2.24) is 4.72 Å². The van der Waals surface area contributed by atoms with Crippen molar-refractivity contribution < 1.29 is 22.7 Å². The van der Waals surface area contributed by atoms with Crippen LogP contribution in [0.25, 0.3) is 0 Å². The molecular weight excluding hydrogens is 380 g/mol. The lowest BCUT2D eigenvalue weighted by Crippen LogP contribution is -2.37. The van der Waals surface area contributed by atoms with Crippen molar-refractivity contribution in [3.63, 3.8) is 0 Å². The van der Waals surface area contributed by atoms with E-state index in [2.05, 4.69) is 4.72 Å². The Morgan fingerprint density at radius 2 is 1.75 bits per heavy atom. The van der Waals surface area contributed by atoms with Gasteiger partial charge in [0.2, 0.25) is 10.0 Å². The van der Waals surface area contributed by atoms with E-state index in [0.29, 0.717) is 16.9 Å². The van der Waals surface area contributed by atoms with Crippen molar-refractivity contribution in [2.24, 2.45) is 5.73 Å². The van der Waals surface area contributed by atoms with Crippen LogP contribution in [0, 0.1) is 20.8 Å². The number of carbonyl (C=O) groups is 1. The molecule has 0 unspecified atom stereocenters. The molecule has 0 heterocycles. The monoisotopic (exact) mass is 406 g/mol. The summed E-state index contributed by atoms with van der Waals surface area (Å²) in [6.07, 6.45) is 0. The van der Waals surface area contributed by atoms with Crippen molar-refractivity contribution in [1.29, 1.82) is 0 Å². The van der Waals surface area contributed by atoms with Gasteiger partial charge in [-0.3, -0.25) is 4.79 Å². The van der Waals surface area contributed by atoms with Crippen LogP contribution in [0.2, 0.25) is 0 Å². The quantitative estimate of drug-likeness (QED) is 0.700. The van der Waals surface area contributed by atoms with E-state index in [1.165, 1.54) is 13.2 Å².